The van der Waals surface area contributed by atoms with Crippen LogP contribution in [-0.4, -0.2) is 18.2 Å². The number of hydrogen-bond acceptors (Lipinski definition) is 4. The summed E-state index contributed by atoms with van der Waals surface area (Å²) >= 11 is 0. The average Bonchev–Trinajstić information content (AvgIpc) is 3.00. The lowest BCUT2D eigenvalue weighted by molar-refractivity contribution is 0.528. The molecule has 0 spiro atoms. The topological polar surface area (TPSA) is 76.0 Å². The zero-order valence-corrected chi connectivity index (χ0v) is 15.8. The van der Waals surface area contributed by atoms with E-state index in [2.05, 4.69) is 15.1 Å². The van der Waals surface area contributed by atoms with Crippen molar-refractivity contribution in [3.8, 4) is 0 Å². The lowest BCUT2D eigenvalue weighted by atomic mass is 10.2. The van der Waals surface area contributed by atoms with E-state index >= 15 is 0 Å². The van der Waals surface area contributed by atoms with Crippen molar-refractivity contribution in [1.29, 1.82) is 0 Å². The number of nitrogens with zero attached hydrogens (tertiary/aromatic N) is 2. The summed E-state index contributed by atoms with van der Waals surface area (Å²) in [7, 11) is -3.68. The molecular formula is C19H22N4O2S. The number of aromatic nitrogens is 2. The molecule has 0 atom stereocenters. The molecule has 26 heavy (non-hydrogen) atoms. The van der Waals surface area contributed by atoms with Crippen LogP contribution in [0, 0.1) is 6.92 Å². The molecule has 0 radical (unpaired) electrons. The molecule has 0 amide bonds. The molecule has 2 N–H and O–H groups in total. The summed E-state index contributed by atoms with van der Waals surface area (Å²) in [5.41, 5.74) is 2.83. The van der Waals surface area contributed by atoms with Gasteiger partial charge in [-0.1, -0.05) is 18.2 Å². The van der Waals surface area contributed by atoms with Crippen molar-refractivity contribution in [2.45, 2.75) is 31.7 Å². The maximum Gasteiger partial charge on any atom is 0.265 e. The summed E-state index contributed by atoms with van der Waals surface area (Å²) in [4.78, 5) is 0.192. The highest BCUT2D eigenvalue weighted by molar-refractivity contribution is 7.92. The van der Waals surface area contributed by atoms with Crippen LogP contribution in [0.25, 0.3) is 0 Å². The molecule has 136 valence electrons. The monoisotopic (exact) mass is 370 g/mol. The van der Waals surface area contributed by atoms with Gasteiger partial charge in [0.05, 0.1) is 5.69 Å². The molecule has 1 heterocycles. The van der Waals surface area contributed by atoms with Crippen molar-refractivity contribution in [2.24, 2.45) is 0 Å². The third-order valence-electron chi connectivity index (χ3n) is 3.89. The van der Waals surface area contributed by atoms with E-state index in [-0.39, 0.29) is 10.9 Å². The molecule has 0 aliphatic rings. The van der Waals surface area contributed by atoms with Crippen molar-refractivity contribution in [2.75, 3.05) is 10.0 Å². The fourth-order valence-electron chi connectivity index (χ4n) is 2.51. The summed E-state index contributed by atoms with van der Waals surface area (Å²) in [6.45, 7) is 5.60. The summed E-state index contributed by atoms with van der Waals surface area (Å²) in [5.74, 6) is 0. The van der Waals surface area contributed by atoms with Crippen LogP contribution in [0.2, 0.25) is 0 Å². The van der Waals surface area contributed by atoms with Crippen LogP contribution in [0.4, 0.5) is 17.1 Å². The number of rotatable bonds is 6. The zero-order chi connectivity index (χ0) is 18.7. The van der Waals surface area contributed by atoms with Gasteiger partial charge in [-0.3, -0.25) is 9.40 Å². The van der Waals surface area contributed by atoms with Gasteiger partial charge >= 0.3 is 0 Å². The number of aryl methyl sites for hydroxylation is 1. The quantitative estimate of drug-likeness (QED) is 0.678. The summed E-state index contributed by atoms with van der Waals surface area (Å²) in [6, 6.07) is 17.0. The number of nitrogens with one attached hydrogen (secondary N) is 2. The van der Waals surface area contributed by atoms with Gasteiger partial charge in [0.1, 0.15) is 4.90 Å². The number of anilines is 3. The Kier molecular flexibility index (Phi) is 4.99. The fraction of sp³-hybridized carbons (Fsp3) is 0.211. The molecule has 0 saturated carbocycles. The van der Waals surface area contributed by atoms with E-state index in [9.17, 15) is 8.42 Å². The number of para-hydroxylation sites is 1. The molecule has 3 rings (SSSR count). The summed E-state index contributed by atoms with van der Waals surface area (Å²) in [6.07, 6.45) is 1.56. The van der Waals surface area contributed by atoms with Gasteiger partial charge in [-0.2, -0.15) is 5.10 Å². The minimum Gasteiger partial charge on any atom is -0.356 e. The van der Waals surface area contributed by atoms with E-state index in [0.29, 0.717) is 11.4 Å². The first-order valence-electron chi connectivity index (χ1n) is 8.36. The lowest BCUT2D eigenvalue weighted by Crippen LogP contribution is -2.13. The molecule has 6 nitrogen and oxygen atoms in total. The summed E-state index contributed by atoms with van der Waals surface area (Å²) in [5, 5.41) is 7.53. The van der Waals surface area contributed by atoms with Gasteiger partial charge in [0.15, 0.2) is 0 Å². The second-order valence-corrected chi connectivity index (χ2v) is 7.98. The second kappa shape index (κ2) is 7.21. The summed E-state index contributed by atoms with van der Waals surface area (Å²) < 4.78 is 29.6. The van der Waals surface area contributed by atoms with Crippen LogP contribution in [0.5, 0.6) is 0 Å². The lowest BCUT2D eigenvalue weighted by Gasteiger charge is -2.09. The minimum absolute atomic E-state index is 0.0981. The first-order valence-corrected chi connectivity index (χ1v) is 9.84. The second-order valence-electron chi connectivity index (χ2n) is 6.33. The molecule has 0 bridgehead atoms. The highest BCUT2D eigenvalue weighted by Gasteiger charge is 2.21. The number of benzene rings is 2. The van der Waals surface area contributed by atoms with Crippen molar-refractivity contribution >= 4 is 27.1 Å². The largest absolute Gasteiger partial charge is 0.356 e. The van der Waals surface area contributed by atoms with Crippen LogP contribution in [-0.2, 0) is 10.0 Å². The molecule has 3 aromatic rings. The van der Waals surface area contributed by atoms with E-state index < -0.39 is 10.0 Å². The Bertz CT molecular complexity index is 978. The van der Waals surface area contributed by atoms with E-state index in [4.69, 9.17) is 0 Å². The Labute approximate surface area is 153 Å². The van der Waals surface area contributed by atoms with Gasteiger partial charge in [-0.05, 0) is 57.2 Å². The molecule has 0 aliphatic carbocycles. The maximum atomic E-state index is 12.7. The van der Waals surface area contributed by atoms with Gasteiger partial charge in [-0.15, -0.1) is 0 Å². The van der Waals surface area contributed by atoms with Gasteiger partial charge in [0.2, 0.25) is 0 Å². The van der Waals surface area contributed by atoms with Crippen molar-refractivity contribution in [3.63, 3.8) is 0 Å². The standard InChI is InChI=1S/C19H22N4O2S/c1-14(2)23-13-19(15(3)21-23)26(24,25)22-18-11-9-17(10-12-18)20-16-7-5-4-6-8-16/h4-14,20,22H,1-3H3. The molecule has 0 saturated heterocycles. The van der Waals surface area contributed by atoms with E-state index in [0.717, 1.165) is 11.4 Å². The Morgan fingerprint density at radius 1 is 0.923 bits per heavy atom. The smallest absolute Gasteiger partial charge is 0.265 e. The molecule has 2 aromatic carbocycles. The van der Waals surface area contributed by atoms with E-state index in [1.807, 2.05) is 56.3 Å². The predicted octanol–water partition coefficient (Wildman–Crippen LogP) is 4.32. The molecule has 0 aliphatic heterocycles. The van der Waals surface area contributed by atoms with Crippen molar-refractivity contribution in [3.05, 3.63) is 66.5 Å². The molecule has 1 aromatic heterocycles. The Morgan fingerprint density at radius 2 is 1.50 bits per heavy atom. The number of sulfonamides is 1. The highest BCUT2D eigenvalue weighted by atomic mass is 32.2. The van der Waals surface area contributed by atoms with Gasteiger partial charge < -0.3 is 5.32 Å². The zero-order valence-electron chi connectivity index (χ0n) is 15.0. The Hall–Kier alpha value is -2.80. The predicted molar refractivity (Wildman–Crippen MR) is 104 cm³/mol. The highest BCUT2D eigenvalue weighted by Crippen LogP contribution is 2.22. The van der Waals surface area contributed by atoms with Crippen molar-refractivity contribution < 1.29 is 8.42 Å². The molecule has 0 fully saturated rings. The third kappa shape index (κ3) is 4.05. The van der Waals surface area contributed by atoms with Crippen LogP contribution in [0.1, 0.15) is 25.6 Å². The molecular weight excluding hydrogens is 348 g/mol. The van der Waals surface area contributed by atoms with E-state index in [1.165, 1.54) is 0 Å². The van der Waals surface area contributed by atoms with Crippen LogP contribution in [0.3, 0.4) is 0 Å². The van der Waals surface area contributed by atoms with Crippen LogP contribution in [0.15, 0.2) is 65.7 Å². The molecule has 0 unspecified atom stereocenters. The normalized spacial score (nSPS) is 11.5. The number of hydrogen-bond donors (Lipinski definition) is 2. The first-order chi connectivity index (χ1) is 12.3. The van der Waals surface area contributed by atoms with Gasteiger partial charge in [0, 0.05) is 29.3 Å². The van der Waals surface area contributed by atoms with Crippen LogP contribution >= 0.6 is 0 Å². The first kappa shape index (κ1) is 18.0. The Balaban J connectivity index is 1.76. The average molecular weight is 370 g/mol. The Morgan fingerprint density at radius 3 is 2.08 bits per heavy atom. The SMILES string of the molecule is Cc1nn(C(C)C)cc1S(=O)(=O)Nc1ccc(Nc2ccccc2)cc1. The van der Waals surface area contributed by atoms with Gasteiger partial charge in [0.25, 0.3) is 10.0 Å². The fourth-order valence-corrected chi connectivity index (χ4v) is 3.75. The third-order valence-corrected chi connectivity index (χ3v) is 5.37. The van der Waals surface area contributed by atoms with Gasteiger partial charge in [-0.25, -0.2) is 8.42 Å². The minimum atomic E-state index is -3.68. The van der Waals surface area contributed by atoms with Crippen molar-refractivity contribution in [1.82, 2.24) is 9.78 Å². The van der Waals surface area contributed by atoms with Crippen LogP contribution < -0.4 is 10.0 Å². The molecule has 7 heteroatoms. The van der Waals surface area contributed by atoms with E-state index in [1.54, 1.807) is 29.9 Å². The maximum absolute atomic E-state index is 12.7.